The molecule has 0 fully saturated rings. The highest BCUT2D eigenvalue weighted by Crippen LogP contribution is 2.04. The maximum Gasteiger partial charge on any atom is 0.219 e. The van der Waals surface area contributed by atoms with Crippen molar-refractivity contribution in [2.75, 3.05) is 13.1 Å². The number of carbonyl (C=O) groups excluding carboxylic acids is 1. The highest BCUT2D eigenvalue weighted by Gasteiger charge is 2.06. The van der Waals surface area contributed by atoms with Crippen molar-refractivity contribution >= 4 is 5.91 Å². The molecule has 0 aliphatic rings. The Morgan fingerprint density at radius 3 is 2.35 bits per heavy atom. The second kappa shape index (κ2) is 10.1. The summed E-state index contributed by atoms with van der Waals surface area (Å²) in [6, 6.07) is 0. The van der Waals surface area contributed by atoms with Crippen molar-refractivity contribution in [3.05, 3.63) is 23.8 Å². The van der Waals surface area contributed by atoms with Gasteiger partial charge >= 0.3 is 0 Å². The van der Waals surface area contributed by atoms with E-state index in [1.165, 1.54) is 5.57 Å². The van der Waals surface area contributed by atoms with Crippen molar-refractivity contribution in [3.8, 4) is 0 Å². The molecule has 17 heavy (non-hydrogen) atoms. The molecule has 0 unspecified atom stereocenters. The highest BCUT2D eigenvalue weighted by molar-refractivity contribution is 5.73. The van der Waals surface area contributed by atoms with Crippen LogP contribution in [-0.2, 0) is 4.79 Å². The maximum atomic E-state index is 11.4. The van der Waals surface area contributed by atoms with Gasteiger partial charge in [0.15, 0.2) is 0 Å². The fourth-order valence-electron chi connectivity index (χ4n) is 1.69. The molecule has 2 nitrogen and oxygen atoms in total. The van der Waals surface area contributed by atoms with Gasteiger partial charge in [0, 0.05) is 20.0 Å². The van der Waals surface area contributed by atoms with Gasteiger partial charge in [0.1, 0.15) is 0 Å². The third-order valence-corrected chi connectivity index (χ3v) is 2.61. The van der Waals surface area contributed by atoms with E-state index < -0.39 is 0 Å². The molecule has 0 aliphatic carbocycles. The van der Waals surface area contributed by atoms with E-state index in [0.717, 1.165) is 38.8 Å². The van der Waals surface area contributed by atoms with Gasteiger partial charge in [-0.3, -0.25) is 4.79 Å². The molecule has 0 rings (SSSR count). The molecule has 0 saturated heterocycles. The molecule has 0 atom stereocenters. The molecule has 2 heteroatoms. The Morgan fingerprint density at radius 1 is 1.12 bits per heavy atom. The Balaban J connectivity index is 4.02. The largest absolute Gasteiger partial charge is 0.339 e. The fourth-order valence-corrected chi connectivity index (χ4v) is 1.69. The summed E-state index contributed by atoms with van der Waals surface area (Å²) in [5.41, 5.74) is 1.29. The van der Waals surface area contributed by atoms with Gasteiger partial charge in [0.25, 0.3) is 0 Å². The number of hydrogen-bond acceptors (Lipinski definition) is 1. The Hall–Kier alpha value is -1.05. The Kier molecular flexibility index (Phi) is 9.50. The van der Waals surface area contributed by atoms with Crippen LogP contribution >= 0.6 is 0 Å². The van der Waals surface area contributed by atoms with Crippen LogP contribution in [0.2, 0.25) is 0 Å². The van der Waals surface area contributed by atoms with Gasteiger partial charge < -0.3 is 4.90 Å². The molecule has 0 N–H and O–H groups in total. The third-order valence-electron chi connectivity index (χ3n) is 2.61. The lowest BCUT2D eigenvalue weighted by molar-refractivity contribution is -0.128. The van der Waals surface area contributed by atoms with Crippen LogP contribution in [0.1, 0.15) is 53.4 Å². The van der Waals surface area contributed by atoms with Crippen LogP contribution in [0.5, 0.6) is 0 Å². The van der Waals surface area contributed by atoms with Crippen LogP contribution < -0.4 is 0 Å². The lowest BCUT2D eigenvalue weighted by Crippen LogP contribution is -2.31. The summed E-state index contributed by atoms with van der Waals surface area (Å²) in [7, 11) is 0. The monoisotopic (exact) mass is 237 g/mol. The number of nitrogens with zero attached hydrogens (tertiary/aromatic N) is 1. The molecule has 0 bridgehead atoms. The minimum Gasteiger partial charge on any atom is -0.339 e. The average Bonchev–Trinajstić information content (AvgIpc) is 2.28. The molecule has 0 aromatic rings. The lowest BCUT2D eigenvalue weighted by atomic mass is 10.2. The first-order valence-electron chi connectivity index (χ1n) is 6.67. The summed E-state index contributed by atoms with van der Waals surface area (Å²) in [6.07, 6.45) is 11.0. The topological polar surface area (TPSA) is 20.3 Å². The molecule has 0 saturated carbocycles. The Morgan fingerprint density at radius 2 is 1.82 bits per heavy atom. The van der Waals surface area contributed by atoms with Crippen molar-refractivity contribution in [2.24, 2.45) is 0 Å². The minimum absolute atomic E-state index is 0.172. The van der Waals surface area contributed by atoms with Gasteiger partial charge in [-0.1, -0.05) is 37.6 Å². The summed E-state index contributed by atoms with van der Waals surface area (Å²) >= 11 is 0. The number of rotatable bonds is 8. The zero-order valence-electron chi connectivity index (χ0n) is 11.8. The number of carbonyl (C=O) groups is 1. The Labute approximate surface area is 106 Å². The second-order valence-corrected chi connectivity index (χ2v) is 4.45. The smallest absolute Gasteiger partial charge is 0.219 e. The van der Waals surface area contributed by atoms with E-state index in [1.54, 1.807) is 6.92 Å². The first-order chi connectivity index (χ1) is 8.11. The fraction of sp³-hybridized carbons (Fsp3) is 0.667. The van der Waals surface area contributed by atoms with Crippen molar-refractivity contribution < 1.29 is 4.79 Å². The second-order valence-electron chi connectivity index (χ2n) is 4.45. The average molecular weight is 237 g/mol. The summed E-state index contributed by atoms with van der Waals surface area (Å²) in [5.74, 6) is 0.172. The molecule has 1 amide bonds. The molecular weight excluding hydrogens is 210 g/mol. The number of amides is 1. The summed E-state index contributed by atoms with van der Waals surface area (Å²) in [4.78, 5) is 13.3. The third kappa shape index (κ3) is 8.73. The highest BCUT2D eigenvalue weighted by atomic mass is 16.2. The van der Waals surface area contributed by atoms with Gasteiger partial charge in [-0.05, 0) is 32.6 Å². The van der Waals surface area contributed by atoms with Crippen LogP contribution in [0, 0.1) is 0 Å². The molecule has 0 aliphatic heterocycles. The van der Waals surface area contributed by atoms with Crippen molar-refractivity contribution in [3.63, 3.8) is 0 Å². The van der Waals surface area contributed by atoms with Crippen molar-refractivity contribution in [1.29, 1.82) is 0 Å². The van der Waals surface area contributed by atoms with Crippen molar-refractivity contribution in [2.45, 2.75) is 53.4 Å². The van der Waals surface area contributed by atoms with Crippen LogP contribution in [0.25, 0.3) is 0 Å². The molecule has 0 heterocycles. The number of hydrogen-bond donors (Lipinski definition) is 0. The van der Waals surface area contributed by atoms with E-state index in [2.05, 4.69) is 39.0 Å². The summed E-state index contributed by atoms with van der Waals surface area (Å²) in [6.45, 7) is 9.64. The molecular formula is C15H27NO. The number of allylic oxidation sites excluding steroid dienone is 3. The Bertz CT molecular complexity index is 266. The zero-order valence-corrected chi connectivity index (χ0v) is 11.8. The molecule has 0 radical (unpaired) electrons. The number of unbranched alkanes of at least 4 members (excludes halogenated alkanes) is 1. The predicted molar refractivity (Wildman–Crippen MR) is 75.0 cm³/mol. The van der Waals surface area contributed by atoms with E-state index in [9.17, 15) is 4.79 Å². The van der Waals surface area contributed by atoms with Crippen molar-refractivity contribution in [1.82, 2.24) is 4.90 Å². The lowest BCUT2D eigenvalue weighted by Gasteiger charge is -2.20. The van der Waals surface area contributed by atoms with Gasteiger partial charge in [0.2, 0.25) is 5.91 Å². The minimum atomic E-state index is 0.172. The first-order valence-corrected chi connectivity index (χ1v) is 6.67. The van der Waals surface area contributed by atoms with Gasteiger partial charge in [0.05, 0.1) is 0 Å². The molecule has 98 valence electrons. The zero-order chi connectivity index (χ0) is 13.1. The first kappa shape index (κ1) is 16.0. The quantitative estimate of drug-likeness (QED) is 0.462. The van der Waals surface area contributed by atoms with Crippen LogP contribution in [-0.4, -0.2) is 23.9 Å². The van der Waals surface area contributed by atoms with E-state index in [-0.39, 0.29) is 5.91 Å². The SMILES string of the molecule is CCC=CCCC=C(C)CN(CCC)C(C)=O. The van der Waals surface area contributed by atoms with Crippen LogP contribution in [0.15, 0.2) is 23.8 Å². The van der Waals surface area contributed by atoms with E-state index in [4.69, 9.17) is 0 Å². The molecule has 0 aromatic carbocycles. The molecule has 0 spiro atoms. The van der Waals surface area contributed by atoms with Crippen LogP contribution in [0.4, 0.5) is 0 Å². The normalized spacial score (nSPS) is 12.1. The van der Waals surface area contributed by atoms with Gasteiger partial charge in [-0.15, -0.1) is 0 Å². The summed E-state index contributed by atoms with van der Waals surface area (Å²) < 4.78 is 0. The summed E-state index contributed by atoms with van der Waals surface area (Å²) in [5, 5.41) is 0. The molecule has 0 aromatic heterocycles. The van der Waals surface area contributed by atoms with E-state index in [0.29, 0.717) is 0 Å². The predicted octanol–water partition coefficient (Wildman–Crippen LogP) is 3.94. The van der Waals surface area contributed by atoms with E-state index >= 15 is 0 Å². The standard InChI is InChI=1S/C15H27NO/c1-5-7-8-9-10-11-14(3)13-16(12-6-2)15(4)17/h7-8,11H,5-6,9-10,12-13H2,1-4H3. The van der Waals surface area contributed by atoms with Crippen LogP contribution in [0.3, 0.4) is 0 Å². The maximum absolute atomic E-state index is 11.4. The van der Waals surface area contributed by atoms with E-state index in [1.807, 2.05) is 4.90 Å². The van der Waals surface area contributed by atoms with Gasteiger partial charge in [-0.25, -0.2) is 0 Å². The van der Waals surface area contributed by atoms with Gasteiger partial charge in [-0.2, -0.15) is 0 Å².